The second kappa shape index (κ2) is 4.79. The molecular weight excluding hydrogens is 210 g/mol. The molecule has 0 saturated heterocycles. The molecule has 0 aliphatic carbocycles. The van der Waals surface area contributed by atoms with Crippen molar-refractivity contribution in [2.45, 2.75) is 33.2 Å². The van der Waals surface area contributed by atoms with Gasteiger partial charge in [-0.3, -0.25) is 4.98 Å². The van der Waals surface area contributed by atoms with Gasteiger partial charge in [0.25, 0.3) is 0 Å². The Labute approximate surface area is 96.3 Å². The molecule has 84 valence electrons. The summed E-state index contributed by atoms with van der Waals surface area (Å²) in [5.74, 6) is 1.78. The number of nitrogens with one attached hydrogen (secondary N) is 1. The van der Waals surface area contributed by atoms with E-state index in [2.05, 4.69) is 36.1 Å². The van der Waals surface area contributed by atoms with Crippen molar-refractivity contribution in [1.82, 2.24) is 9.97 Å². The molecule has 1 aromatic rings. The van der Waals surface area contributed by atoms with Crippen molar-refractivity contribution in [2.24, 2.45) is 5.92 Å². The Morgan fingerprint density at radius 2 is 2.00 bits per heavy atom. The topological polar surface area (TPSA) is 37.8 Å². The lowest BCUT2D eigenvalue weighted by atomic mass is 9.90. The van der Waals surface area contributed by atoms with Crippen LogP contribution in [0, 0.1) is 12.8 Å². The molecule has 0 aliphatic heterocycles. The van der Waals surface area contributed by atoms with Crippen LogP contribution in [0.1, 0.15) is 26.5 Å². The molecule has 1 heterocycles. The van der Waals surface area contributed by atoms with Crippen LogP contribution in [-0.2, 0) is 0 Å². The van der Waals surface area contributed by atoms with E-state index >= 15 is 0 Å². The van der Waals surface area contributed by atoms with Gasteiger partial charge in [0, 0.05) is 18.3 Å². The van der Waals surface area contributed by atoms with Crippen molar-refractivity contribution in [3.8, 4) is 0 Å². The highest BCUT2D eigenvalue weighted by molar-refractivity contribution is 6.18. The van der Waals surface area contributed by atoms with Crippen molar-refractivity contribution in [1.29, 1.82) is 0 Å². The minimum atomic E-state index is -0.150. The molecule has 0 radical (unpaired) electrons. The summed E-state index contributed by atoms with van der Waals surface area (Å²) in [6, 6.07) is 0. The van der Waals surface area contributed by atoms with Gasteiger partial charge in [0.05, 0.1) is 11.2 Å². The van der Waals surface area contributed by atoms with Crippen LogP contribution >= 0.6 is 11.6 Å². The fourth-order valence-electron chi connectivity index (χ4n) is 1.13. The van der Waals surface area contributed by atoms with E-state index in [1.807, 2.05) is 6.92 Å². The second-order valence-electron chi connectivity index (χ2n) is 4.32. The normalized spacial score (nSPS) is 15.1. The number of hydrogen-bond donors (Lipinski definition) is 1. The third-order valence-electron chi connectivity index (χ3n) is 2.84. The van der Waals surface area contributed by atoms with Gasteiger partial charge in [-0.25, -0.2) is 4.98 Å². The van der Waals surface area contributed by atoms with Crippen LogP contribution in [0.4, 0.5) is 5.82 Å². The summed E-state index contributed by atoms with van der Waals surface area (Å²) in [5, 5.41) is 3.37. The van der Waals surface area contributed by atoms with Gasteiger partial charge in [-0.05, 0) is 19.8 Å². The zero-order valence-electron chi connectivity index (χ0n) is 9.71. The Kier molecular flexibility index (Phi) is 3.91. The van der Waals surface area contributed by atoms with E-state index in [1.165, 1.54) is 0 Å². The molecule has 1 rings (SSSR count). The lowest BCUT2D eigenvalue weighted by molar-refractivity contribution is 0.411. The first-order valence-corrected chi connectivity index (χ1v) is 5.65. The third kappa shape index (κ3) is 2.81. The summed E-state index contributed by atoms with van der Waals surface area (Å²) in [5.41, 5.74) is 0.747. The average Bonchev–Trinajstić information content (AvgIpc) is 2.21. The van der Waals surface area contributed by atoms with Gasteiger partial charge >= 0.3 is 0 Å². The number of halogens is 1. The van der Waals surface area contributed by atoms with Crippen molar-refractivity contribution >= 4 is 17.4 Å². The van der Waals surface area contributed by atoms with Gasteiger partial charge in [0.15, 0.2) is 0 Å². The number of anilines is 1. The summed E-state index contributed by atoms with van der Waals surface area (Å²) in [7, 11) is 0. The van der Waals surface area contributed by atoms with Gasteiger partial charge in [0.1, 0.15) is 5.82 Å². The minimum Gasteiger partial charge on any atom is -0.362 e. The van der Waals surface area contributed by atoms with E-state index in [1.54, 1.807) is 12.4 Å². The summed E-state index contributed by atoms with van der Waals surface area (Å²) in [4.78, 5) is 8.45. The van der Waals surface area contributed by atoms with Crippen molar-refractivity contribution < 1.29 is 0 Å². The number of alkyl halides is 1. The Balaban J connectivity index is 2.89. The van der Waals surface area contributed by atoms with Crippen LogP contribution in [0.25, 0.3) is 0 Å². The lowest BCUT2D eigenvalue weighted by Crippen LogP contribution is -2.42. The Hall–Kier alpha value is -0.830. The molecule has 15 heavy (non-hydrogen) atoms. The zero-order valence-corrected chi connectivity index (χ0v) is 10.5. The fraction of sp³-hybridized carbons (Fsp3) is 0.636. The van der Waals surface area contributed by atoms with Gasteiger partial charge in [-0.1, -0.05) is 13.8 Å². The predicted octanol–water partition coefficient (Wildman–Crippen LogP) is 2.85. The highest BCUT2D eigenvalue weighted by Crippen LogP contribution is 2.24. The number of nitrogens with zero attached hydrogens (tertiary/aromatic N) is 2. The molecule has 0 bridgehead atoms. The molecule has 0 aromatic carbocycles. The van der Waals surface area contributed by atoms with Gasteiger partial charge in [-0.2, -0.15) is 0 Å². The molecule has 0 fully saturated rings. The molecule has 0 saturated carbocycles. The zero-order chi connectivity index (χ0) is 11.5. The average molecular weight is 228 g/mol. The molecule has 1 N–H and O–H groups in total. The SMILES string of the molecule is Cc1nccnc1NC(C)(CCl)C(C)C. The first-order valence-electron chi connectivity index (χ1n) is 5.11. The Morgan fingerprint density at radius 1 is 1.40 bits per heavy atom. The second-order valence-corrected chi connectivity index (χ2v) is 4.59. The Bertz CT molecular complexity index is 327. The highest BCUT2D eigenvalue weighted by atomic mass is 35.5. The van der Waals surface area contributed by atoms with E-state index < -0.39 is 0 Å². The molecule has 0 amide bonds. The number of rotatable bonds is 4. The van der Waals surface area contributed by atoms with Crippen molar-refractivity contribution in [3.05, 3.63) is 18.1 Å². The summed E-state index contributed by atoms with van der Waals surface area (Å²) >= 11 is 6.00. The van der Waals surface area contributed by atoms with Crippen LogP contribution < -0.4 is 5.32 Å². The minimum absolute atomic E-state index is 0.150. The standard InChI is InChI=1S/C11H18ClN3/c1-8(2)11(4,7-12)15-10-9(3)13-5-6-14-10/h5-6,8H,7H2,1-4H3,(H,14,15). The Morgan fingerprint density at radius 3 is 2.47 bits per heavy atom. The van der Waals surface area contributed by atoms with Crippen LogP contribution in [0.5, 0.6) is 0 Å². The largest absolute Gasteiger partial charge is 0.362 e. The quantitative estimate of drug-likeness (QED) is 0.804. The molecule has 3 nitrogen and oxygen atoms in total. The third-order valence-corrected chi connectivity index (χ3v) is 3.39. The fourth-order valence-corrected chi connectivity index (χ4v) is 1.51. The van der Waals surface area contributed by atoms with E-state index in [9.17, 15) is 0 Å². The van der Waals surface area contributed by atoms with Gasteiger partial charge in [0.2, 0.25) is 0 Å². The van der Waals surface area contributed by atoms with E-state index in [0.717, 1.165) is 11.5 Å². The van der Waals surface area contributed by atoms with Crippen molar-refractivity contribution in [3.63, 3.8) is 0 Å². The van der Waals surface area contributed by atoms with Crippen LogP contribution in [0.15, 0.2) is 12.4 Å². The van der Waals surface area contributed by atoms with E-state index in [0.29, 0.717) is 11.8 Å². The maximum atomic E-state index is 6.00. The summed E-state index contributed by atoms with van der Waals surface area (Å²) < 4.78 is 0. The summed E-state index contributed by atoms with van der Waals surface area (Å²) in [6.45, 7) is 8.31. The molecule has 1 unspecified atom stereocenters. The van der Waals surface area contributed by atoms with Crippen molar-refractivity contribution in [2.75, 3.05) is 11.2 Å². The molecule has 1 aromatic heterocycles. The lowest BCUT2D eigenvalue weighted by Gasteiger charge is -2.33. The highest BCUT2D eigenvalue weighted by Gasteiger charge is 2.28. The van der Waals surface area contributed by atoms with E-state index in [-0.39, 0.29) is 5.54 Å². The maximum Gasteiger partial charge on any atom is 0.147 e. The van der Waals surface area contributed by atoms with Gasteiger partial charge in [-0.15, -0.1) is 11.6 Å². The molecule has 1 atom stereocenters. The van der Waals surface area contributed by atoms with Gasteiger partial charge < -0.3 is 5.32 Å². The van der Waals surface area contributed by atoms with Crippen LogP contribution in [0.2, 0.25) is 0 Å². The molecule has 0 spiro atoms. The molecular formula is C11H18ClN3. The van der Waals surface area contributed by atoms with Crippen LogP contribution in [0.3, 0.4) is 0 Å². The number of hydrogen-bond acceptors (Lipinski definition) is 3. The maximum absolute atomic E-state index is 6.00. The monoisotopic (exact) mass is 227 g/mol. The smallest absolute Gasteiger partial charge is 0.147 e. The predicted molar refractivity (Wildman–Crippen MR) is 64.4 cm³/mol. The molecule has 0 aliphatic rings. The first kappa shape index (κ1) is 12.2. The molecule has 4 heteroatoms. The first-order chi connectivity index (χ1) is 6.99. The van der Waals surface area contributed by atoms with Crippen LogP contribution in [-0.4, -0.2) is 21.4 Å². The number of aryl methyl sites for hydroxylation is 1. The van der Waals surface area contributed by atoms with E-state index in [4.69, 9.17) is 11.6 Å². The summed E-state index contributed by atoms with van der Waals surface area (Å²) in [6.07, 6.45) is 3.37. The number of aromatic nitrogens is 2.